The Balaban J connectivity index is 1.75. The quantitative estimate of drug-likeness (QED) is 0.675. The summed E-state index contributed by atoms with van der Waals surface area (Å²) in [4.78, 5) is 23.2. The van der Waals surface area contributed by atoms with Crippen LogP contribution in [0.5, 0.6) is 0 Å². The van der Waals surface area contributed by atoms with Gasteiger partial charge in [-0.05, 0) is 17.7 Å². The third-order valence-corrected chi connectivity index (χ3v) is 5.26. The molecule has 1 aromatic carbocycles. The molecule has 146 valence electrons. The average molecular weight is 407 g/mol. The van der Waals surface area contributed by atoms with E-state index in [1.807, 2.05) is 0 Å². The highest BCUT2D eigenvalue weighted by molar-refractivity contribution is 7.13. The van der Waals surface area contributed by atoms with E-state index in [0.717, 1.165) is 12.1 Å². The minimum Gasteiger partial charge on any atom is -0.335 e. The van der Waals surface area contributed by atoms with Gasteiger partial charge in [-0.2, -0.15) is 0 Å². The summed E-state index contributed by atoms with van der Waals surface area (Å²) in [5, 5.41) is 5.52. The maximum absolute atomic E-state index is 13.7. The van der Waals surface area contributed by atoms with Gasteiger partial charge < -0.3 is 14.8 Å². The molecule has 0 unspecified atom stereocenters. The maximum Gasteiger partial charge on any atom is 0.272 e. The first-order chi connectivity index (χ1) is 13.5. The Kier molecular flexibility index (Phi) is 5.14. The van der Waals surface area contributed by atoms with Crippen LogP contribution in [0.2, 0.25) is 0 Å². The lowest BCUT2D eigenvalue weighted by atomic mass is 10.2. The second-order valence-electron chi connectivity index (χ2n) is 6.31. The molecule has 1 N–H and O–H groups in total. The van der Waals surface area contributed by atoms with Crippen LogP contribution in [0.3, 0.4) is 0 Å². The van der Waals surface area contributed by atoms with Crippen molar-refractivity contribution in [2.45, 2.75) is 6.54 Å². The zero-order valence-corrected chi connectivity index (χ0v) is 15.5. The molecule has 1 aliphatic heterocycles. The van der Waals surface area contributed by atoms with Gasteiger partial charge in [0.1, 0.15) is 5.69 Å². The highest BCUT2D eigenvalue weighted by Gasteiger charge is 2.25. The smallest absolute Gasteiger partial charge is 0.272 e. The van der Waals surface area contributed by atoms with E-state index < -0.39 is 17.5 Å². The fourth-order valence-corrected chi connectivity index (χ4v) is 3.76. The van der Waals surface area contributed by atoms with Crippen LogP contribution in [-0.2, 0) is 6.54 Å². The number of carbonyl (C=O) groups excluding carboxylic acids is 1. The van der Waals surface area contributed by atoms with Crippen molar-refractivity contribution < 1.29 is 18.0 Å². The first kappa shape index (κ1) is 18.6. The maximum atomic E-state index is 13.7. The minimum atomic E-state index is -1.52. The number of halogens is 3. The van der Waals surface area contributed by atoms with Crippen LogP contribution in [-0.4, -0.2) is 51.5 Å². The summed E-state index contributed by atoms with van der Waals surface area (Å²) in [5.74, 6) is -3.88. The van der Waals surface area contributed by atoms with E-state index in [-0.39, 0.29) is 23.7 Å². The predicted octanol–water partition coefficient (Wildman–Crippen LogP) is 2.52. The number of hydrogen-bond donors (Lipinski definition) is 1. The number of carbonyl (C=O) groups is 1. The molecule has 4 rings (SSSR count). The molecule has 0 radical (unpaired) electrons. The zero-order valence-electron chi connectivity index (χ0n) is 14.7. The third-order valence-electron chi connectivity index (χ3n) is 4.49. The molecule has 3 aromatic rings. The molecule has 1 aliphatic rings. The van der Waals surface area contributed by atoms with Crippen LogP contribution >= 0.6 is 11.3 Å². The van der Waals surface area contributed by atoms with E-state index in [1.165, 1.54) is 17.5 Å². The van der Waals surface area contributed by atoms with Gasteiger partial charge in [-0.3, -0.25) is 4.79 Å². The van der Waals surface area contributed by atoms with Crippen LogP contribution in [0.1, 0.15) is 16.1 Å². The van der Waals surface area contributed by atoms with Crippen LogP contribution in [0.4, 0.5) is 13.2 Å². The Hall–Kier alpha value is -2.72. The number of nitrogens with one attached hydrogen (secondary N) is 1. The summed E-state index contributed by atoms with van der Waals surface area (Å²) in [6, 6.07) is 1.84. The largest absolute Gasteiger partial charge is 0.335 e. The summed E-state index contributed by atoms with van der Waals surface area (Å²) in [6.07, 6.45) is 3.05. The number of imidazole rings is 1. The van der Waals surface area contributed by atoms with Crippen molar-refractivity contribution in [1.82, 2.24) is 24.8 Å². The number of aromatic nitrogens is 3. The first-order valence-electron chi connectivity index (χ1n) is 8.63. The molecule has 0 saturated carbocycles. The minimum absolute atomic E-state index is 0.0454. The molecule has 3 heterocycles. The van der Waals surface area contributed by atoms with E-state index in [9.17, 15) is 18.0 Å². The van der Waals surface area contributed by atoms with Crippen LogP contribution < -0.4 is 5.32 Å². The van der Waals surface area contributed by atoms with Gasteiger partial charge in [-0.1, -0.05) is 0 Å². The lowest BCUT2D eigenvalue weighted by Crippen LogP contribution is -2.46. The SMILES string of the molecule is O=C(c1cnc(-c2nccs2)n1Cc1cc(F)c(F)c(F)c1)N1CCNCC1. The van der Waals surface area contributed by atoms with Crippen molar-refractivity contribution in [3.63, 3.8) is 0 Å². The van der Waals surface area contributed by atoms with Crippen molar-refractivity contribution in [2.24, 2.45) is 0 Å². The number of piperazine rings is 1. The number of nitrogens with zero attached hydrogens (tertiary/aromatic N) is 4. The first-order valence-corrected chi connectivity index (χ1v) is 9.51. The Bertz CT molecular complexity index is 976. The molecule has 1 fully saturated rings. The normalized spacial score (nSPS) is 14.5. The van der Waals surface area contributed by atoms with Gasteiger partial charge >= 0.3 is 0 Å². The molecule has 28 heavy (non-hydrogen) atoms. The number of hydrogen-bond acceptors (Lipinski definition) is 5. The number of rotatable bonds is 4. The van der Waals surface area contributed by atoms with Gasteiger partial charge in [0.25, 0.3) is 5.91 Å². The number of thiazole rings is 1. The van der Waals surface area contributed by atoms with Crippen LogP contribution in [0.25, 0.3) is 10.8 Å². The van der Waals surface area contributed by atoms with Gasteiger partial charge in [-0.25, -0.2) is 23.1 Å². The molecule has 0 aliphatic carbocycles. The molecule has 6 nitrogen and oxygen atoms in total. The summed E-state index contributed by atoms with van der Waals surface area (Å²) in [7, 11) is 0. The highest BCUT2D eigenvalue weighted by atomic mass is 32.1. The highest BCUT2D eigenvalue weighted by Crippen LogP contribution is 2.25. The molecule has 10 heteroatoms. The summed E-state index contributed by atoms with van der Waals surface area (Å²) >= 11 is 1.33. The molecule has 2 aromatic heterocycles. The Labute approximate surface area is 162 Å². The van der Waals surface area contributed by atoms with E-state index in [1.54, 1.807) is 21.0 Å². The Morgan fingerprint density at radius 3 is 2.50 bits per heavy atom. The van der Waals surface area contributed by atoms with E-state index in [4.69, 9.17) is 0 Å². The van der Waals surface area contributed by atoms with Gasteiger partial charge in [0.2, 0.25) is 0 Å². The van der Waals surface area contributed by atoms with Crippen LogP contribution in [0, 0.1) is 17.5 Å². The monoisotopic (exact) mass is 407 g/mol. The lowest BCUT2D eigenvalue weighted by molar-refractivity contribution is 0.0725. The van der Waals surface area contributed by atoms with E-state index >= 15 is 0 Å². The summed E-state index contributed by atoms with van der Waals surface area (Å²) < 4.78 is 42.2. The fraction of sp³-hybridized carbons (Fsp3) is 0.278. The summed E-state index contributed by atoms with van der Waals surface area (Å²) in [6.45, 7) is 2.43. The molecular formula is C18H16F3N5OS. The molecule has 0 atom stereocenters. The fourth-order valence-electron chi connectivity index (χ4n) is 3.12. The molecule has 0 bridgehead atoms. The van der Waals surface area contributed by atoms with Crippen molar-refractivity contribution in [1.29, 1.82) is 0 Å². The van der Waals surface area contributed by atoms with Crippen molar-refractivity contribution >= 4 is 17.2 Å². The van der Waals surface area contributed by atoms with Crippen molar-refractivity contribution in [3.05, 3.63) is 58.6 Å². The number of amides is 1. The predicted molar refractivity (Wildman–Crippen MR) is 97.5 cm³/mol. The van der Waals surface area contributed by atoms with E-state index in [0.29, 0.717) is 37.0 Å². The standard InChI is InChI=1S/C18H16F3N5OS/c19-12-7-11(8-13(20)15(12)21)10-26-14(18(27)25-4-1-22-2-5-25)9-24-16(26)17-23-3-6-28-17/h3,6-9,22H,1-2,4-5,10H2. The zero-order chi connectivity index (χ0) is 19.7. The number of benzene rings is 1. The topological polar surface area (TPSA) is 63.1 Å². The Morgan fingerprint density at radius 2 is 1.86 bits per heavy atom. The summed E-state index contributed by atoms with van der Waals surface area (Å²) in [5.41, 5.74) is 0.471. The lowest BCUT2D eigenvalue weighted by Gasteiger charge is -2.27. The molecule has 1 saturated heterocycles. The van der Waals surface area contributed by atoms with Crippen LogP contribution in [0.15, 0.2) is 29.9 Å². The molecule has 1 amide bonds. The van der Waals surface area contributed by atoms with E-state index in [2.05, 4.69) is 15.3 Å². The van der Waals surface area contributed by atoms with Crippen molar-refractivity contribution in [3.8, 4) is 10.8 Å². The van der Waals surface area contributed by atoms with Crippen molar-refractivity contribution in [2.75, 3.05) is 26.2 Å². The van der Waals surface area contributed by atoms with Gasteiger partial charge in [0.05, 0.1) is 12.7 Å². The molecule has 0 spiro atoms. The average Bonchev–Trinajstić information content (AvgIpc) is 3.36. The second-order valence-corrected chi connectivity index (χ2v) is 7.20. The molecular weight excluding hydrogens is 391 g/mol. The Morgan fingerprint density at radius 1 is 1.14 bits per heavy atom. The second kappa shape index (κ2) is 7.72. The third kappa shape index (κ3) is 3.52. The van der Waals surface area contributed by atoms with Gasteiger partial charge in [-0.15, -0.1) is 11.3 Å². The van der Waals surface area contributed by atoms with Gasteiger partial charge in [0, 0.05) is 37.8 Å². The van der Waals surface area contributed by atoms with Gasteiger partial charge in [0.15, 0.2) is 28.3 Å².